The summed E-state index contributed by atoms with van der Waals surface area (Å²) in [7, 11) is -4.75. The summed E-state index contributed by atoms with van der Waals surface area (Å²) in [6.07, 6.45) is 6.65. The predicted molar refractivity (Wildman–Crippen MR) is 263 cm³/mol. The van der Waals surface area contributed by atoms with Crippen LogP contribution in [0.2, 0.25) is 0 Å². The number of halogens is 1. The Balaban J connectivity index is 0.865. The van der Waals surface area contributed by atoms with E-state index in [0.717, 1.165) is 50.7 Å². The van der Waals surface area contributed by atoms with Crippen molar-refractivity contribution < 1.29 is 47.0 Å². The maximum Gasteiger partial charge on any atom is 0.407 e. The fraction of sp³-hybridized carbons (Fsp3) is 0.471. The average molecular weight is 995 g/mol. The van der Waals surface area contributed by atoms with Crippen LogP contribution in [0.1, 0.15) is 99.0 Å². The van der Waals surface area contributed by atoms with Gasteiger partial charge < -0.3 is 39.8 Å². The first-order valence-electron chi connectivity index (χ1n) is 24.4. The Morgan fingerprint density at radius 3 is 2.49 bits per heavy atom. The van der Waals surface area contributed by atoms with E-state index < -0.39 is 48.9 Å². The first-order chi connectivity index (χ1) is 33.9. The highest BCUT2D eigenvalue weighted by Gasteiger charge is 2.50. The number of pyridine rings is 1. The highest BCUT2D eigenvalue weighted by molar-refractivity contribution is 7.90. The van der Waals surface area contributed by atoms with E-state index in [1.807, 2.05) is 12.1 Å². The maximum absolute atomic E-state index is 14.7. The van der Waals surface area contributed by atoms with Crippen LogP contribution in [0.4, 0.5) is 26.2 Å². The molecule has 5 aliphatic rings. The van der Waals surface area contributed by atoms with E-state index in [4.69, 9.17) is 9.47 Å². The fourth-order valence-electron chi connectivity index (χ4n) is 11.6. The molecular formula is C51H59FN8O10S. The summed E-state index contributed by atoms with van der Waals surface area (Å²) in [5.41, 5.74) is 2.09. The zero-order valence-corrected chi connectivity index (χ0v) is 40.7. The molecule has 3 atom stereocenters. The number of nitro benzene ring substituents is 1. The number of H-pyrrole nitrogens is 1. The van der Waals surface area contributed by atoms with Gasteiger partial charge in [0.05, 0.1) is 38.6 Å². The lowest BCUT2D eigenvalue weighted by atomic mass is 9.69. The smallest absolute Gasteiger partial charge is 0.407 e. The Hall–Kier alpha value is -6.51. The van der Waals surface area contributed by atoms with Gasteiger partial charge >= 0.3 is 6.09 Å². The van der Waals surface area contributed by atoms with Crippen LogP contribution in [-0.4, -0.2) is 119 Å². The van der Waals surface area contributed by atoms with Gasteiger partial charge in [-0.2, -0.15) is 0 Å². The number of carbonyl (C=O) groups excluding carboxylic acids is 1. The molecule has 1 saturated carbocycles. The monoisotopic (exact) mass is 994 g/mol. The molecule has 6 heterocycles. The molecule has 4 aliphatic heterocycles. The molecule has 0 bridgehead atoms. The SMILES string of the molecule is CC(C)c1ccccc1[C@H]1CN(C(=O)O)CC[C@H]1N1CC2(CCN(c3ccc(C(=O)NS(=O)(=O)c4cc5c(c([N+](=O)[O-])c4)N[C@@H](C4CCC(C)(O)CC4)CO5)c(Oc4cnc5[nH]cc(F)c5c4)c3)CC2)C1. The molecule has 0 unspecified atom stereocenters. The first-order valence-corrected chi connectivity index (χ1v) is 25.9. The number of anilines is 2. The molecule has 3 aromatic carbocycles. The van der Waals surface area contributed by atoms with Crippen molar-refractivity contribution in [2.45, 2.75) is 100 Å². The van der Waals surface area contributed by atoms with Crippen molar-refractivity contribution in [2.24, 2.45) is 11.3 Å². The van der Waals surface area contributed by atoms with Crippen molar-refractivity contribution in [1.82, 2.24) is 24.5 Å². The maximum atomic E-state index is 14.7. The zero-order valence-electron chi connectivity index (χ0n) is 39.9. The summed E-state index contributed by atoms with van der Waals surface area (Å²) in [6, 6.07) is 16.6. The van der Waals surface area contributed by atoms with Crippen molar-refractivity contribution in [3.63, 3.8) is 0 Å². The minimum absolute atomic E-state index is 0.0259. The van der Waals surface area contributed by atoms with Crippen LogP contribution in [0.15, 0.2) is 78.0 Å². The Morgan fingerprint density at radius 2 is 1.77 bits per heavy atom. The van der Waals surface area contributed by atoms with E-state index in [1.54, 1.807) is 24.0 Å². The number of likely N-dealkylation sites (tertiary alicyclic amines) is 2. The molecule has 5 N–H and O–H groups in total. The number of rotatable bonds is 11. The first kappa shape index (κ1) is 48.1. The molecule has 4 fully saturated rings. The van der Waals surface area contributed by atoms with Crippen LogP contribution in [-0.2, 0) is 10.0 Å². The van der Waals surface area contributed by atoms with Gasteiger partial charge in [0, 0.05) is 81.3 Å². The van der Waals surface area contributed by atoms with E-state index >= 15 is 0 Å². The van der Waals surface area contributed by atoms with E-state index in [2.05, 4.69) is 55.8 Å². The molecule has 2 amide bonds. The number of amides is 2. The third kappa shape index (κ3) is 9.56. The molecule has 3 saturated heterocycles. The molecular weight excluding hydrogens is 936 g/mol. The largest absolute Gasteiger partial charge is 0.489 e. The van der Waals surface area contributed by atoms with Crippen LogP contribution in [0.5, 0.6) is 17.2 Å². The van der Waals surface area contributed by atoms with Gasteiger partial charge in [0.25, 0.3) is 21.6 Å². The van der Waals surface area contributed by atoms with Gasteiger partial charge in [0.15, 0.2) is 11.4 Å². The van der Waals surface area contributed by atoms with Gasteiger partial charge in [0.1, 0.15) is 29.6 Å². The number of nitrogens with one attached hydrogen (secondary N) is 3. The van der Waals surface area contributed by atoms with Crippen LogP contribution in [0.25, 0.3) is 11.0 Å². The summed E-state index contributed by atoms with van der Waals surface area (Å²) in [6.45, 7) is 10.3. The Labute approximate surface area is 410 Å². The number of fused-ring (bicyclic) bond motifs is 2. The van der Waals surface area contributed by atoms with Gasteiger partial charge in [0.2, 0.25) is 0 Å². The average Bonchev–Trinajstić information content (AvgIpc) is 3.71. The van der Waals surface area contributed by atoms with Crippen molar-refractivity contribution >= 4 is 50.1 Å². The van der Waals surface area contributed by atoms with Crippen LogP contribution < -0.4 is 24.4 Å². The fourth-order valence-corrected chi connectivity index (χ4v) is 12.6. The summed E-state index contributed by atoms with van der Waals surface area (Å²) in [4.78, 5) is 50.7. The molecule has 1 spiro atoms. The van der Waals surface area contributed by atoms with Gasteiger partial charge in [-0.15, -0.1) is 0 Å². The molecule has 18 nitrogen and oxygen atoms in total. The number of aromatic amines is 1. The number of hydrogen-bond donors (Lipinski definition) is 5. The topological polar surface area (TPSA) is 233 Å². The Bertz CT molecular complexity index is 2990. The van der Waals surface area contributed by atoms with Gasteiger partial charge in [-0.3, -0.25) is 19.8 Å². The number of hydrogen-bond acceptors (Lipinski definition) is 13. The van der Waals surface area contributed by atoms with E-state index in [-0.39, 0.29) is 75.5 Å². The lowest BCUT2D eigenvalue weighted by Gasteiger charge is -2.59. The molecule has 2 aromatic heterocycles. The third-order valence-electron chi connectivity index (χ3n) is 15.7. The molecule has 1 aliphatic carbocycles. The minimum atomic E-state index is -4.75. The van der Waals surface area contributed by atoms with Crippen molar-refractivity contribution in [3.8, 4) is 17.2 Å². The lowest BCUT2D eigenvalue weighted by Crippen LogP contribution is -2.65. The Kier molecular flexibility index (Phi) is 12.6. The standard InChI is InChI=1S/C51H59FN8O10S/c1-30(2)35-6-4-5-7-36(35)39-26-58(49(62)63)17-12-42(39)59-28-51(29-59)15-18-57(19-16-51)32-8-9-37(44(20-32)70-33-21-38-40(52)25-54-47(38)53-24-33)48(61)56-71(67,68)34-22-43(60(65)66)46-45(23-34)69-27-41(55-46)31-10-13-50(3,64)14-11-31/h4-9,20-25,30-31,39,41-42,55,64H,10-19,26-29H2,1-3H3,(H,53,54)(H,56,61)(H,62,63)/t31?,39-,41-,42-,50?/m1/s1. The number of carbonyl (C=O) groups is 2. The summed E-state index contributed by atoms with van der Waals surface area (Å²) >= 11 is 0. The zero-order chi connectivity index (χ0) is 50.0. The number of aromatic nitrogens is 2. The van der Waals surface area contributed by atoms with Gasteiger partial charge in [-0.1, -0.05) is 38.1 Å². The molecule has 20 heteroatoms. The Morgan fingerprint density at radius 1 is 1.03 bits per heavy atom. The number of piperidine rings is 2. The number of benzene rings is 3. The molecule has 10 rings (SSSR count). The second kappa shape index (κ2) is 18.6. The minimum Gasteiger partial charge on any atom is -0.489 e. The quantitative estimate of drug-likeness (QED) is 0.0620. The second-order valence-corrected chi connectivity index (χ2v) is 22.4. The summed E-state index contributed by atoms with van der Waals surface area (Å²) in [5, 5.41) is 36.2. The van der Waals surface area contributed by atoms with E-state index in [9.17, 15) is 42.7 Å². The summed E-state index contributed by atoms with van der Waals surface area (Å²) in [5.74, 6) is -1.20. The number of nitrogens with zero attached hydrogens (tertiary/aromatic N) is 5. The third-order valence-corrected chi connectivity index (χ3v) is 17.0. The van der Waals surface area contributed by atoms with E-state index in [1.165, 1.54) is 29.5 Å². The highest BCUT2D eigenvalue weighted by Crippen LogP contribution is 2.48. The number of carboxylic acid groups (broad SMARTS) is 1. The second-order valence-electron chi connectivity index (χ2n) is 20.8. The highest BCUT2D eigenvalue weighted by atomic mass is 32.2. The number of ether oxygens (including phenoxy) is 2. The van der Waals surface area contributed by atoms with Crippen LogP contribution in [0.3, 0.4) is 0 Å². The number of sulfonamides is 1. The van der Waals surface area contributed by atoms with Gasteiger partial charge in [-0.05, 0) is 98.4 Å². The lowest BCUT2D eigenvalue weighted by molar-refractivity contribution is -0.384. The molecule has 71 heavy (non-hydrogen) atoms. The number of aliphatic hydroxyl groups is 1. The molecule has 5 aromatic rings. The predicted octanol–water partition coefficient (Wildman–Crippen LogP) is 8.20. The van der Waals surface area contributed by atoms with Crippen LogP contribution >= 0.6 is 0 Å². The van der Waals surface area contributed by atoms with Crippen molar-refractivity contribution in [2.75, 3.05) is 56.1 Å². The van der Waals surface area contributed by atoms with Crippen LogP contribution in [0, 0.1) is 27.3 Å². The van der Waals surface area contributed by atoms with E-state index in [0.29, 0.717) is 63.5 Å². The normalized spacial score (nSPS) is 24.4. The summed E-state index contributed by atoms with van der Waals surface area (Å²) < 4.78 is 57.0. The molecule has 0 radical (unpaired) electrons. The number of nitro groups is 1. The van der Waals surface area contributed by atoms with Gasteiger partial charge in [-0.25, -0.2) is 27.3 Å². The van der Waals surface area contributed by atoms with Crippen molar-refractivity contribution in [3.05, 3.63) is 106 Å². The molecule has 376 valence electrons. The van der Waals surface area contributed by atoms with Crippen molar-refractivity contribution in [1.29, 1.82) is 0 Å².